The zero-order valence-corrected chi connectivity index (χ0v) is 20.3. The Morgan fingerprint density at radius 2 is 1.63 bits per heavy atom. The molecule has 3 aromatic carbocycles. The first kappa shape index (κ1) is 23.0. The minimum atomic E-state index is 0.0245. The number of hydrogen-bond acceptors (Lipinski definition) is 4. The quantitative estimate of drug-likeness (QED) is 0.320. The van der Waals surface area contributed by atoms with Crippen molar-refractivity contribution in [3.8, 4) is 11.5 Å². The van der Waals surface area contributed by atoms with Gasteiger partial charge in [-0.1, -0.05) is 43.3 Å². The summed E-state index contributed by atoms with van der Waals surface area (Å²) in [6.45, 7) is 6.42. The molecule has 0 N–H and O–H groups in total. The Hall–Kier alpha value is -3.80. The van der Waals surface area contributed by atoms with E-state index in [1.54, 1.807) is 0 Å². The van der Waals surface area contributed by atoms with Crippen LogP contribution in [-0.4, -0.2) is 35.2 Å². The largest absolute Gasteiger partial charge is 0.490 e. The molecule has 6 nitrogen and oxygen atoms in total. The molecule has 0 bridgehead atoms. The van der Waals surface area contributed by atoms with E-state index in [0.29, 0.717) is 32.7 Å². The van der Waals surface area contributed by atoms with E-state index in [2.05, 4.69) is 29.7 Å². The van der Waals surface area contributed by atoms with Crippen LogP contribution < -0.4 is 14.4 Å². The highest BCUT2D eigenvalue weighted by atomic mass is 16.5. The molecular weight excluding hydrogens is 438 g/mol. The standard InChI is InChI=1S/C29H31N3O3/c1-3-21-13-15-23(16-14-21)32-20-22(19-28(32)33)29-30-24-9-5-6-10-25(24)31(29)17-18-35-27-12-8-7-11-26(27)34-4-2/h5-16,22H,3-4,17-20H2,1-2H3. The number of anilines is 1. The third-order valence-electron chi connectivity index (χ3n) is 6.55. The van der Waals surface area contributed by atoms with Gasteiger partial charge in [0, 0.05) is 24.6 Å². The Labute approximate surface area is 206 Å². The molecule has 6 heteroatoms. The summed E-state index contributed by atoms with van der Waals surface area (Å²) in [6, 6.07) is 24.2. The average Bonchev–Trinajstić information content (AvgIpc) is 3.46. The molecule has 1 amide bonds. The maximum Gasteiger partial charge on any atom is 0.227 e. The van der Waals surface area contributed by atoms with Crippen LogP contribution >= 0.6 is 0 Å². The topological polar surface area (TPSA) is 56.6 Å². The zero-order valence-electron chi connectivity index (χ0n) is 20.3. The lowest BCUT2D eigenvalue weighted by atomic mass is 10.1. The van der Waals surface area contributed by atoms with E-state index in [9.17, 15) is 4.79 Å². The van der Waals surface area contributed by atoms with Crippen molar-refractivity contribution in [2.24, 2.45) is 0 Å². The summed E-state index contributed by atoms with van der Waals surface area (Å²) >= 11 is 0. The van der Waals surface area contributed by atoms with Crippen molar-refractivity contribution in [3.63, 3.8) is 0 Å². The lowest BCUT2D eigenvalue weighted by molar-refractivity contribution is -0.117. The number of rotatable bonds is 9. The third kappa shape index (κ3) is 4.74. The number of aryl methyl sites for hydroxylation is 1. The molecule has 35 heavy (non-hydrogen) atoms. The molecule has 0 aliphatic carbocycles. The normalized spacial score (nSPS) is 15.7. The van der Waals surface area contributed by atoms with Gasteiger partial charge in [0.15, 0.2) is 11.5 Å². The number of amides is 1. The Morgan fingerprint density at radius 1 is 0.914 bits per heavy atom. The number of para-hydroxylation sites is 4. The second-order valence-corrected chi connectivity index (χ2v) is 8.76. The van der Waals surface area contributed by atoms with Crippen molar-refractivity contribution in [3.05, 3.63) is 84.2 Å². The van der Waals surface area contributed by atoms with Gasteiger partial charge < -0.3 is 18.9 Å². The molecule has 1 aromatic heterocycles. The fraction of sp³-hybridized carbons (Fsp3) is 0.310. The number of aromatic nitrogens is 2. The summed E-state index contributed by atoms with van der Waals surface area (Å²) in [6.07, 6.45) is 1.44. The van der Waals surface area contributed by atoms with Crippen LogP contribution in [0.15, 0.2) is 72.8 Å². The highest BCUT2D eigenvalue weighted by Crippen LogP contribution is 2.33. The molecule has 0 saturated carbocycles. The van der Waals surface area contributed by atoms with Gasteiger partial charge in [0.05, 0.1) is 24.2 Å². The minimum Gasteiger partial charge on any atom is -0.490 e. The van der Waals surface area contributed by atoms with E-state index < -0.39 is 0 Å². The summed E-state index contributed by atoms with van der Waals surface area (Å²) in [7, 11) is 0. The molecule has 0 radical (unpaired) electrons. The van der Waals surface area contributed by atoms with Gasteiger partial charge in [0.25, 0.3) is 0 Å². The van der Waals surface area contributed by atoms with Gasteiger partial charge in [-0.3, -0.25) is 4.79 Å². The van der Waals surface area contributed by atoms with E-state index in [1.165, 1.54) is 5.56 Å². The third-order valence-corrected chi connectivity index (χ3v) is 6.55. The molecular formula is C29H31N3O3. The van der Waals surface area contributed by atoms with Crippen molar-refractivity contribution in [2.45, 2.75) is 39.2 Å². The monoisotopic (exact) mass is 469 g/mol. The summed E-state index contributed by atoms with van der Waals surface area (Å²) in [5.74, 6) is 2.58. The molecule has 1 unspecified atom stereocenters. The second kappa shape index (κ2) is 10.2. The Balaban J connectivity index is 1.37. The van der Waals surface area contributed by atoms with Crippen LogP contribution in [0.3, 0.4) is 0 Å². The SMILES string of the molecule is CCOc1ccccc1OCCn1c(C2CC(=O)N(c3ccc(CC)cc3)C2)nc2ccccc21. The van der Waals surface area contributed by atoms with Crippen LogP contribution in [0.1, 0.15) is 37.6 Å². The molecule has 1 saturated heterocycles. The minimum absolute atomic E-state index is 0.0245. The number of fused-ring (bicyclic) bond motifs is 1. The van der Waals surface area contributed by atoms with Crippen LogP contribution in [0, 0.1) is 0 Å². The summed E-state index contributed by atoms with van der Waals surface area (Å²) in [5, 5.41) is 0. The predicted molar refractivity (Wildman–Crippen MR) is 138 cm³/mol. The van der Waals surface area contributed by atoms with Crippen LogP contribution in [0.25, 0.3) is 11.0 Å². The van der Waals surface area contributed by atoms with E-state index in [-0.39, 0.29) is 11.8 Å². The first-order valence-electron chi connectivity index (χ1n) is 12.4. The van der Waals surface area contributed by atoms with Crippen molar-refractivity contribution in [1.29, 1.82) is 0 Å². The summed E-state index contributed by atoms with van der Waals surface area (Å²) < 4.78 is 14.0. The van der Waals surface area contributed by atoms with Gasteiger partial charge >= 0.3 is 0 Å². The van der Waals surface area contributed by atoms with E-state index in [0.717, 1.165) is 40.5 Å². The number of hydrogen-bond donors (Lipinski definition) is 0. The maximum absolute atomic E-state index is 13.0. The first-order chi connectivity index (χ1) is 17.2. The fourth-order valence-corrected chi connectivity index (χ4v) is 4.77. The van der Waals surface area contributed by atoms with Crippen molar-refractivity contribution in [2.75, 3.05) is 24.7 Å². The van der Waals surface area contributed by atoms with Crippen molar-refractivity contribution >= 4 is 22.6 Å². The second-order valence-electron chi connectivity index (χ2n) is 8.76. The first-order valence-corrected chi connectivity index (χ1v) is 12.4. The summed E-state index contributed by atoms with van der Waals surface area (Å²) in [5.41, 5.74) is 4.22. The number of ether oxygens (including phenoxy) is 2. The molecule has 180 valence electrons. The van der Waals surface area contributed by atoms with E-state index in [4.69, 9.17) is 14.5 Å². The van der Waals surface area contributed by atoms with Gasteiger partial charge in [-0.15, -0.1) is 0 Å². The van der Waals surface area contributed by atoms with Gasteiger partial charge in [0.1, 0.15) is 12.4 Å². The van der Waals surface area contributed by atoms with Crippen molar-refractivity contribution < 1.29 is 14.3 Å². The highest BCUT2D eigenvalue weighted by molar-refractivity contribution is 5.96. The molecule has 1 aliphatic rings. The number of imidazole rings is 1. The van der Waals surface area contributed by atoms with Crippen LogP contribution in [-0.2, 0) is 17.8 Å². The lowest BCUT2D eigenvalue weighted by Crippen LogP contribution is -2.24. The molecule has 0 spiro atoms. The van der Waals surface area contributed by atoms with Crippen LogP contribution in [0.2, 0.25) is 0 Å². The summed E-state index contributed by atoms with van der Waals surface area (Å²) in [4.78, 5) is 19.8. The lowest BCUT2D eigenvalue weighted by Gasteiger charge is -2.18. The molecule has 1 atom stereocenters. The Morgan fingerprint density at radius 3 is 2.37 bits per heavy atom. The van der Waals surface area contributed by atoms with Gasteiger partial charge in [0.2, 0.25) is 5.91 Å². The number of carbonyl (C=O) groups is 1. The Bertz CT molecular complexity index is 1310. The molecule has 5 rings (SSSR count). The van der Waals surface area contributed by atoms with Gasteiger partial charge in [-0.05, 0) is 55.3 Å². The van der Waals surface area contributed by atoms with Gasteiger partial charge in [-0.25, -0.2) is 4.98 Å². The highest BCUT2D eigenvalue weighted by Gasteiger charge is 2.34. The van der Waals surface area contributed by atoms with E-state index >= 15 is 0 Å². The van der Waals surface area contributed by atoms with Crippen LogP contribution in [0.5, 0.6) is 11.5 Å². The number of benzene rings is 3. The van der Waals surface area contributed by atoms with E-state index in [1.807, 2.05) is 66.4 Å². The predicted octanol–water partition coefficient (Wildman–Crippen LogP) is 5.60. The average molecular weight is 470 g/mol. The molecule has 2 heterocycles. The smallest absolute Gasteiger partial charge is 0.227 e. The molecule has 1 aliphatic heterocycles. The number of carbonyl (C=O) groups excluding carboxylic acids is 1. The zero-order chi connectivity index (χ0) is 24.2. The number of nitrogens with zero attached hydrogens (tertiary/aromatic N) is 3. The van der Waals surface area contributed by atoms with Gasteiger partial charge in [-0.2, -0.15) is 0 Å². The van der Waals surface area contributed by atoms with Crippen LogP contribution in [0.4, 0.5) is 5.69 Å². The fourth-order valence-electron chi connectivity index (χ4n) is 4.77. The maximum atomic E-state index is 13.0. The van der Waals surface area contributed by atoms with Crippen molar-refractivity contribution in [1.82, 2.24) is 9.55 Å². The molecule has 4 aromatic rings. The molecule has 1 fully saturated rings. The Kier molecular flexibility index (Phi) is 6.70.